The van der Waals surface area contributed by atoms with Gasteiger partial charge in [-0.1, -0.05) is 60.7 Å². The number of rotatable bonds is 6. The summed E-state index contributed by atoms with van der Waals surface area (Å²) < 4.78 is 25.0. The van der Waals surface area contributed by atoms with Crippen molar-refractivity contribution in [3.05, 3.63) is 108 Å². The number of hydrazone groups is 1. The van der Waals surface area contributed by atoms with Crippen LogP contribution in [0.4, 0.5) is 5.69 Å². The quantitative estimate of drug-likeness (QED) is 0.352. The lowest BCUT2D eigenvalue weighted by Crippen LogP contribution is -2.18. The Morgan fingerprint density at radius 2 is 1.45 bits per heavy atom. The van der Waals surface area contributed by atoms with Crippen molar-refractivity contribution in [2.45, 2.75) is 4.90 Å². The number of nitrogens with zero attached hydrogens (tertiary/aromatic N) is 1. The van der Waals surface area contributed by atoms with Crippen molar-refractivity contribution in [3.63, 3.8) is 0 Å². The molecule has 0 bridgehead atoms. The van der Waals surface area contributed by atoms with Crippen LogP contribution in [0.2, 0.25) is 0 Å². The highest BCUT2D eigenvalue weighted by Gasteiger charge is 2.13. The number of hydrogen-bond acceptors (Lipinski definition) is 4. The molecule has 0 saturated heterocycles. The van der Waals surface area contributed by atoms with Crippen LogP contribution in [0.1, 0.15) is 15.9 Å². The number of anilines is 1. The van der Waals surface area contributed by atoms with Gasteiger partial charge in [-0.2, -0.15) is 13.5 Å². The van der Waals surface area contributed by atoms with Gasteiger partial charge in [0.15, 0.2) is 0 Å². The van der Waals surface area contributed by atoms with E-state index in [-0.39, 0.29) is 10.8 Å². The first-order valence-electron chi connectivity index (χ1n) is 9.51. The van der Waals surface area contributed by atoms with Crippen molar-refractivity contribution in [1.29, 1.82) is 0 Å². The molecule has 1 amide bonds. The minimum atomic E-state index is -3.78. The second-order valence-corrected chi connectivity index (χ2v) is 8.46. The maximum Gasteiger partial charge on any atom is 0.276 e. The predicted molar refractivity (Wildman–Crippen MR) is 123 cm³/mol. The maximum absolute atomic E-state index is 12.5. The molecular weight excluding hydrogens is 410 g/mol. The standard InChI is InChI=1S/C24H19N3O3S/c28-24(20-7-2-1-3-8-20)26-22-13-10-18(11-14-22)17-25-27-31(29,30)23-15-12-19-6-4-5-9-21(19)16-23/h1-17,27H,(H,26,28). The average molecular weight is 430 g/mol. The van der Waals surface area contributed by atoms with Gasteiger partial charge in [0.25, 0.3) is 15.9 Å². The van der Waals surface area contributed by atoms with Gasteiger partial charge >= 0.3 is 0 Å². The number of benzene rings is 4. The predicted octanol–water partition coefficient (Wildman–Crippen LogP) is 4.40. The summed E-state index contributed by atoms with van der Waals surface area (Å²) in [6, 6.07) is 28.3. The zero-order valence-corrected chi connectivity index (χ0v) is 17.2. The Kier molecular flexibility index (Phi) is 5.77. The zero-order chi connectivity index (χ0) is 21.7. The highest BCUT2D eigenvalue weighted by molar-refractivity contribution is 7.89. The molecule has 0 fully saturated rings. The number of fused-ring (bicyclic) bond motifs is 1. The van der Waals surface area contributed by atoms with E-state index in [1.165, 1.54) is 6.21 Å². The second kappa shape index (κ2) is 8.81. The summed E-state index contributed by atoms with van der Waals surface area (Å²) in [5, 5.41) is 8.46. The van der Waals surface area contributed by atoms with E-state index in [1.54, 1.807) is 66.7 Å². The summed E-state index contributed by atoms with van der Waals surface area (Å²) in [6.45, 7) is 0. The van der Waals surface area contributed by atoms with Gasteiger partial charge in [0.1, 0.15) is 0 Å². The molecule has 0 aliphatic heterocycles. The van der Waals surface area contributed by atoms with Crippen LogP contribution in [0.3, 0.4) is 0 Å². The van der Waals surface area contributed by atoms with Crippen LogP contribution in [0.5, 0.6) is 0 Å². The summed E-state index contributed by atoms with van der Waals surface area (Å²) in [5.41, 5.74) is 1.87. The Bertz CT molecular complexity index is 1350. The molecule has 0 heterocycles. The molecule has 7 heteroatoms. The van der Waals surface area contributed by atoms with E-state index in [0.717, 1.165) is 10.8 Å². The number of carbonyl (C=O) groups is 1. The topological polar surface area (TPSA) is 87.6 Å². The summed E-state index contributed by atoms with van der Waals surface area (Å²) in [5.74, 6) is -0.204. The van der Waals surface area contributed by atoms with Crippen LogP contribution in [-0.2, 0) is 10.0 Å². The lowest BCUT2D eigenvalue weighted by molar-refractivity contribution is 0.102. The third-order valence-corrected chi connectivity index (χ3v) is 5.84. The number of nitrogens with one attached hydrogen (secondary N) is 2. The fraction of sp³-hybridized carbons (Fsp3) is 0. The molecule has 4 rings (SSSR count). The molecule has 0 atom stereocenters. The highest BCUT2D eigenvalue weighted by atomic mass is 32.2. The third-order valence-electron chi connectivity index (χ3n) is 4.62. The number of hydrogen-bond donors (Lipinski definition) is 2. The first kappa shape index (κ1) is 20.3. The van der Waals surface area contributed by atoms with Crippen LogP contribution >= 0.6 is 0 Å². The van der Waals surface area contributed by atoms with Crippen LogP contribution in [0.15, 0.2) is 107 Å². The Labute approximate surface area is 180 Å². The van der Waals surface area contributed by atoms with E-state index < -0.39 is 10.0 Å². The largest absolute Gasteiger partial charge is 0.322 e. The molecule has 2 N–H and O–H groups in total. The molecule has 0 aromatic heterocycles. The Balaban J connectivity index is 1.40. The number of sulfonamides is 1. The summed E-state index contributed by atoms with van der Waals surface area (Å²) >= 11 is 0. The molecule has 154 valence electrons. The number of amides is 1. The summed E-state index contributed by atoms with van der Waals surface area (Å²) in [6.07, 6.45) is 1.40. The first-order valence-corrected chi connectivity index (χ1v) is 11.0. The molecule has 4 aromatic rings. The van der Waals surface area contributed by atoms with Gasteiger partial charge in [0.2, 0.25) is 0 Å². The van der Waals surface area contributed by atoms with E-state index >= 15 is 0 Å². The van der Waals surface area contributed by atoms with Gasteiger partial charge in [-0.15, -0.1) is 0 Å². The van der Waals surface area contributed by atoms with Crippen molar-refractivity contribution >= 4 is 38.6 Å². The van der Waals surface area contributed by atoms with Gasteiger partial charge in [-0.25, -0.2) is 4.83 Å². The molecule has 31 heavy (non-hydrogen) atoms. The lowest BCUT2D eigenvalue weighted by atomic mass is 10.1. The molecule has 0 radical (unpaired) electrons. The molecule has 6 nitrogen and oxygen atoms in total. The van der Waals surface area contributed by atoms with Gasteiger partial charge in [0, 0.05) is 11.3 Å². The van der Waals surface area contributed by atoms with E-state index in [9.17, 15) is 13.2 Å². The summed E-state index contributed by atoms with van der Waals surface area (Å²) in [7, 11) is -3.78. The Morgan fingerprint density at radius 1 is 0.774 bits per heavy atom. The Hall–Kier alpha value is -3.97. The van der Waals surface area contributed by atoms with Gasteiger partial charge in [-0.05, 0) is 52.7 Å². The van der Waals surface area contributed by atoms with E-state index in [0.29, 0.717) is 16.8 Å². The van der Waals surface area contributed by atoms with Crippen molar-refractivity contribution in [3.8, 4) is 0 Å². The fourth-order valence-electron chi connectivity index (χ4n) is 3.00. The lowest BCUT2D eigenvalue weighted by Gasteiger charge is -2.06. The average Bonchev–Trinajstić information content (AvgIpc) is 2.80. The van der Waals surface area contributed by atoms with Crippen LogP contribution in [0.25, 0.3) is 10.8 Å². The van der Waals surface area contributed by atoms with Crippen molar-refractivity contribution < 1.29 is 13.2 Å². The zero-order valence-electron chi connectivity index (χ0n) is 16.4. The van der Waals surface area contributed by atoms with E-state index in [4.69, 9.17) is 0 Å². The molecule has 0 spiro atoms. The SMILES string of the molecule is O=C(Nc1ccc(C=NNS(=O)(=O)c2ccc3ccccc3c2)cc1)c1ccccc1. The third kappa shape index (κ3) is 4.96. The molecule has 4 aromatic carbocycles. The van der Waals surface area contributed by atoms with Crippen LogP contribution in [0, 0.1) is 0 Å². The van der Waals surface area contributed by atoms with Crippen molar-refractivity contribution in [2.24, 2.45) is 5.10 Å². The maximum atomic E-state index is 12.5. The normalized spacial score (nSPS) is 11.5. The van der Waals surface area contributed by atoms with Crippen LogP contribution in [-0.4, -0.2) is 20.5 Å². The van der Waals surface area contributed by atoms with Crippen LogP contribution < -0.4 is 10.1 Å². The number of carbonyl (C=O) groups excluding carboxylic acids is 1. The monoisotopic (exact) mass is 429 g/mol. The van der Waals surface area contributed by atoms with E-state index in [2.05, 4.69) is 15.2 Å². The molecule has 0 aliphatic carbocycles. The molecule has 0 unspecified atom stereocenters. The molecule has 0 saturated carbocycles. The van der Waals surface area contributed by atoms with E-state index in [1.807, 2.05) is 30.3 Å². The van der Waals surface area contributed by atoms with Crippen molar-refractivity contribution in [2.75, 3.05) is 5.32 Å². The smallest absolute Gasteiger partial charge is 0.276 e. The first-order chi connectivity index (χ1) is 15.0. The second-order valence-electron chi connectivity index (χ2n) is 6.80. The molecular formula is C24H19N3O3S. The highest BCUT2D eigenvalue weighted by Crippen LogP contribution is 2.18. The van der Waals surface area contributed by atoms with Gasteiger partial charge < -0.3 is 5.32 Å². The van der Waals surface area contributed by atoms with Gasteiger partial charge in [-0.3, -0.25) is 4.79 Å². The van der Waals surface area contributed by atoms with Gasteiger partial charge in [0.05, 0.1) is 11.1 Å². The van der Waals surface area contributed by atoms with Crippen molar-refractivity contribution in [1.82, 2.24) is 4.83 Å². The minimum Gasteiger partial charge on any atom is -0.322 e. The fourth-order valence-corrected chi connectivity index (χ4v) is 3.83. The Morgan fingerprint density at radius 3 is 2.19 bits per heavy atom. The minimum absolute atomic E-state index is 0.141. The molecule has 0 aliphatic rings. The summed E-state index contributed by atoms with van der Waals surface area (Å²) in [4.78, 5) is 14.6.